The Bertz CT molecular complexity index is 1750. The second-order valence-electron chi connectivity index (χ2n) is 13.4. The summed E-state index contributed by atoms with van der Waals surface area (Å²) in [6, 6.07) is 1.69. The summed E-state index contributed by atoms with van der Waals surface area (Å²) in [4.78, 5) is 41.4. The van der Waals surface area contributed by atoms with Crippen molar-refractivity contribution in [2.24, 2.45) is 0 Å². The topological polar surface area (TPSA) is 160 Å². The molecule has 1 amide bonds. The monoisotopic (exact) mass is 708 g/mol. The predicted octanol–water partition coefficient (Wildman–Crippen LogP) is 4.15. The number of aromatic hydroxyl groups is 1. The van der Waals surface area contributed by atoms with Crippen LogP contribution < -0.4 is 24.3 Å². The van der Waals surface area contributed by atoms with E-state index in [0.29, 0.717) is 70.3 Å². The van der Waals surface area contributed by atoms with E-state index >= 15 is 0 Å². The minimum absolute atomic E-state index is 0.0330. The second-order valence-corrected chi connectivity index (χ2v) is 14.6. The van der Waals surface area contributed by atoms with Gasteiger partial charge in [0.15, 0.2) is 23.0 Å². The van der Waals surface area contributed by atoms with Gasteiger partial charge in [-0.2, -0.15) is 5.26 Å². The summed E-state index contributed by atoms with van der Waals surface area (Å²) in [5.74, 6) is 1.48. The molecule has 0 saturated carbocycles. The first-order valence-electron chi connectivity index (χ1n) is 16.9. The summed E-state index contributed by atoms with van der Waals surface area (Å²) in [6.07, 6.45) is 1.61. The molecular formula is C36H44N4O9S. The molecule has 1 saturated heterocycles. The van der Waals surface area contributed by atoms with Crippen LogP contribution in [0.4, 0.5) is 0 Å². The zero-order valence-corrected chi connectivity index (χ0v) is 30.2. The van der Waals surface area contributed by atoms with Crippen molar-refractivity contribution in [3.05, 3.63) is 39.4 Å². The average molecular weight is 709 g/mol. The SMILES string of the molecule is CCCC(=O)N[C@H](C)CS[C@@H]1c2c(OC(C)=O)c(C)c3c(c2[C@H](COC=O)N2C1[C@@H]1c4c(cc(C)c(OC)c4O)C[C@@H]([C@@H]2C#N)N1C)OCO3. The van der Waals surface area contributed by atoms with Gasteiger partial charge in [0, 0.05) is 59.5 Å². The van der Waals surface area contributed by atoms with E-state index in [1.165, 1.54) is 14.0 Å². The molecule has 0 spiro atoms. The highest BCUT2D eigenvalue weighted by Gasteiger charge is 2.60. The number of hydrogen-bond donors (Lipinski definition) is 2. The smallest absolute Gasteiger partial charge is 0.308 e. The fourth-order valence-corrected chi connectivity index (χ4v) is 9.90. The van der Waals surface area contributed by atoms with Gasteiger partial charge in [-0.3, -0.25) is 24.2 Å². The molecule has 0 aromatic heterocycles. The lowest BCUT2D eigenvalue weighted by atomic mass is 9.71. The van der Waals surface area contributed by atoms with Crippen LogP contribution in [-0.2, 0) is 25.5 Å². The highest BCUT2D eigenvalue weighted by molar-refractivity contribution is 7.99. The number of likely N-dealkylation sites (N-methyl/N-ethyl adjacent to an activating group) is 1. The molecular weight excluding hydrogens is 664 g/mol. The molecule has 1 fully saturated rings. The lowest BCUT2D eigenvalue weighted by Gasteiger charge is -2.61. The van der Waals surface area contributed by atoms with Crippen molar-refractivity contribution in [1.29, 1.82) is 5.26 Å². The van der Waals surface area contributed by atoms with E-state index in [4.69, 9.17) is 23.7 Å². The molecule has 7 atom stereocenters. The Hall–Kier alpha value is -4.19. The maximum atomic E-state index is 12.7. The lowest BCUT2D eigenvalue weighted by Crippen LogP contribution is -2.69. The average Bonchev–Trinajstić information content (AvgIpc) is 3.55. The molecule has 2 aromatic carbocycles. The third-order valence-electron chi connectivity index (χ3n) is 10.3. The number of amides is 1. The van der Waals surface area contributed by atoms with E-state index < -0.39 is 35.4 Å². The molecule has 2 N–H and O–H groups in total. The first kappa shape index (κ1) is 35.6. The number of thioether (sulfide) groups is 1. The predicted molar refractivity (Wildman–Crippen MR) is 183 cm³/mol. The van der Waals surface area contributed by atoms with E-state index in [0.717, 1.165) is 17.5 Å². The summed E-state index contributed by atoms with van der Waals surface area (Å²) < 4.78 is 29.3. The van der Waals surface area contributed by atoms with Gasteiger partial charge in [0.1, 0.15) is 18.4 Å². The van der Waals surface area contributed by atoms with Crippen LogP contribution in [0.2, 0.25) is 0 Å². The quantitative estimate of drug-likeness (QED) is 0.195. The summed E-state index contributed by atoms with van der Waals surface area (Å²) in [6.45, 7) is 9.11. The molecule has 13 nitrogen and oxygen atoms in total. The first-order chi connectivity index (χ1) is 24.0. The number of piperazine rings is 1. The van der Waals surface area contributed by atoms with Gasteiger partial charge in [-0.1, -0.05) is 13.0 Å². The fraction of sp³-hybridized carbons (Fsp3) is 0.556. The highest BCUT2D eigenvalue weighted by Crippen LogP contribution is 2.63. The molecule has 2 bridgehead atoms. The molecule has 4 aliphatic rings. The molecule has 0 aliphatic carbocycles. The number of phenols is 1. The standard InChI is InChI=1S/C36H44N4O9S/c1-8-9-25(43)38-18(3)14-50-36-28-27(35-34(47-16-48-35)19(4)33(28)49-20(5)42)24(13-46-15-41)40-23(12-37)22-11-21-10-17(2)32(45-7)31(44)26(21)29(30(36)40)39(22)6/h10,15,18,22-24,29-30,36,44H,8-9,11,13-14,16H2,1-7H3,(H,38,43)/t18-,22+,23+,24+,29+,30?,36-/m1/s1. The van der Waals surface area contributed by atoms with Crippen LogP contribution in [0.15, 0.2) is 6.07 Å². The van der Waals surface area contributed by atoms with Gasteiger partial charge in [-0.25, -0.2) is 0 Å². The molecule has 268 valence electrons. The lowest BCUT2D eigenvalue weighted by molar-refractivity contribution is -0.134. The zero-order chi connectivity index (χ0) is 36.0. The number of methoxy groups -OCH3 is 1. The Balaban J connectivity index is 1.64. The molecule has 2 aromatic rings. The Morgan fingerprint density at radius 1 is 1.22 bits per heavy atom. The van der Waals surface area contributed by atoms with Gasteiger partial charge in [0.2, 0.25) is 12.7 Å². The van der Waals surface area contributed by atoms with Crippen molar-refractivity contribution in [3.8, 4) is 34.8 Å². The second kappa shape index (κ2) is 14.2. The van der Waals surface area contributed by atoms with E-state index in [-0.39, 0.29) is 37.1 Å². The van der Waals surface area contributed by atoms with E-state index in [9.17, 15) is 24.8 Å². The number of hydrogen-bond acceptors (Lipinski definition) is 13. The first-order valence-corrected chi connectivity index (χ1v) is 17.9. The summed E-state index contributed by atoms with van der Waals surface area (Å²) in [5.41, 5.74) is 4.25. The Morgan fingerprint density at radius 2 is 1.96 bits per heavy atom. The van der Waals surface area contributed by atoms with E-state index in [2.05, 4.69) is 21.2 Å². The maximum absolute atomic E-state index is 12.7. The van der Waals surface area contributed by atoms with E-state index in [1.54, 1.807) is 18.7 Å². The molecule has 6 rings (SSSR count). The number of benzene rings is 2. The number of rotatable bonds is 11. The van der Waals surface area contributed by atoms with Crippen molar-refractivity contribution >= 4 is 30.1 Å². The van der Waals surface area contributed by atoms with Crippen molar-refractivity contribution in [1.82, 2.24) is 15.1 Å². The third kappa shape index (κ3) is 5.78. The van der Waals surface area contributed by atoms with Gasteiger partial charge in [0.25, 0.3) is 6.47 Å². The number of carbonyl (C=O) groups excluding carboxylic acids is 3. The van der Waals surface area contributed by atoms with Crippen molar-refractivity contribution in [2.45, 2.75) is 95.4 Å². The number of carbonyl (C=O) groups is 3. The summed E-state index contributed by atoms with van der Waals surface area (Å²) in [5, 5.41) is 25.5. The normalized spacial score (nSPS) is 25.3. The Morgan fingerprint density at radius 3 is 2.62 bits per heavy atom. The van der Waals surface area contributed by atoms with Crippen molar-refractivity contribution in [2.75, 3.05) is 33.3 Å². The van der Waals surface area contributed by atoms with Crippen LogP contribution >= 0.6 is 11.8 Å². The number of nitriles is 1. The Kier molecular flexibility index (Phi) is 10.1. The fourth-order valence-electron chi connectivity index (χ4n) is 8.43. The van der Waals surface area contributed by atoms with Crippen LogP contribution in [0.3, 0.4) is 0 Å². The van der Waals surface area contributed by atoms with Gasteiger partial charge >= 0.3 is 5.97 Å². The van der Waals surface area contributed by atoms with Crippen LogP contribution in [-0.4, -0.2) is 90.7 Å². The number of esters is 1. The number of aryl methyl sites for hydroxylation is 1. The van der Waals surface area contributed by atoms with Crippen LogP contribution in [0, 0.1) is 25.2 Å². The highest BCUT2D eigenvalue weighted by atomic mass is 32.2. The van der Waals surface area contributed by atoms with Crippen molar-refractivity contribution < 1.29 is 43.2 Å². The number of ether oxygens (including phenoxy) is 5. The molecule has 4 aliphatic heterocycles. The van der Waals surface area contributed by atoms with Gasteiger partial charge in [0.05, 0.1) is 30.5 Å². The molecule has 14 heteroatoms. The molecule has 4 heterocycles. The van der Waals surface area contributed by atoms with Gasteiger partial charge in [-0.05, 0) is 51.8 Å². The summed E-state index contributed by atoms with van der Waals surface area (Å²) in [7, 11) is 3.49. The number of nitrogens with one attached hydrogen (secondary N) is 1. The minimum Gasteiger partial charge on any atom is -0.504 e. The van der Waals surface area contributed by atoms with Gasteiger partial charge in [-0.15, -0.1) is 11.8 Å². The van der Waals surface area contributed by atoms with Crippen LogP contribution in [0.1, 0.15) is 84.3 Å². The molecule has 50 heavy (non-hydrogen) atoms. The third-order valence-corrected chi connectivity index (χ3v) is 11.8. The Labute approximate surface area is 296 Å². The van der Waals surface area contributed by atoms with Crippen LogP contribution in [0.25, 0.3) is 0 Å². The van der Waals surface area contributed by atoms with Gasteiger partial charge < -0.3 is 34.1 Å². The zero-order valence-electron chi connectivity index (χ0n) is 29.4. The van der Waals surface area contributed by atoms with E-state index in [1.807, 2.05) is 33.9 Å². The maximum Gasteiger partial charge on any atom is 0.308 e. The number of phenolic OH excluding ortho intramolecular Hbond substituents is 1. The largest absolute Gasteiger partial charge is 0.504 e. The minimum atomic E-state index is -0.705. The van der Waals surface area contributed by atoms with Crippen LogP contribution in [0.5, 0.6) is 28.7 Å². The number of nitrogens with zero attached hydrogens (tertiary/aromatic N) is 3. The van der Waals surface area contributed by atoms with Crippen molar-refractivity contribution in [3.63, 3.8) is 0 Å². The number of fused-ring (bicyclic) bond motifs is 9. The molecule has 1 unspecified atom stereocenters. The molecule has 0 radical (unpaired) electrons. The summed E-state index contributed by atoms with van der Waals surface area (Å²) >= 11 is 1.56.